The van der Waals surface area contributed by atoms with Crippen LogP contribution in [0.2, 0.25) is 0 Å². The standard InChI is InChI=1S/C12H17.3ClH.Cr.H2N/c1-9(2)11-6-5-7-12(8-11)10(3)4;;;;;/h5-7,9-10H,1-4H3;3*1H;;1H2/q;;;;+4;-1/p-3. The molecule has 1 aromatic carbocycles. The molecule has 0 heterocycles. The van der Waals surface area contributed by atoms with Crippen LogP contribution in [0.1, 0.15) is 50.7 Å². The first-order valence-electron chi connectivity index (χ1n) is 5.53. The molecule has 0 aliphatic rings. The molecule has 0 aliphatic carbocycles. The SMILES string of the molecule is CC(C)c1cccc(C(C)C)[c]1[Cr]([NH2])([Cl])([Cl])[Cl]. The van der Waals surface area contributed by atoms with Crippen LogP contribution in [-0.2, 0) is 9.46 Å². The van der Waals surface area contributed by atoms with Crippen molar-refractivity contribution in [1.29, 1.82) is 0 Å². The van der Waals surface area contributed by atoms with E-state index in [9.17, 15) is 0 Å². The van der Waals surface area contributed by atoms with Crippen LogP contribution in [0, 0.1) is 0 Å². The summed E-state index contributed by atoms with van der Waals surface area (Å²) in [6.07, 6.45) is 0. The van der Waals surface area contributed by atoms with Gasteiger partial charge in [0, 0.05) is 0 Å². The fraction of sp³-hybridized carbons (Fsp3) is 0.500. The first-order chi connectivity index (χ1) is 7.51. The van der Waals surface area contributed by atoms with Crippen molar-refractivity contribution >= 4 is 34.6 Å². The summed E-state index contributed by atoms with van der Waals surface area (Å²) in [5.74, 6) is 0.583. The topological polar surface area (TPSA) is 26.0 Å². The molecule has 0 aliphatic heterocycles. The van der Waals surface area contributed by atoms with Crippen molar-refractivity contribution in [3.8, 4) is 0 Å². The van der Waals surface area contributed by atoms with E-state index < -0.39 is 9.46 Å². The third kappa shape index (κ3) is 3.77. The third-order valence-corrected chi connectivity index (χ3v) is 6.40. The first kappa shape index (κ1) is 15.6. The fourth-order valence-electron chi connectivity index (χ4n) is 1.89. The van der Waals surface area contributed by atoms with Crippen LogP contribution < -0.4 is 9.14 Å². The Morgan fingerprint density at radius 1 is 0.941 bits per heavy atom. The molecule has 0 bridgehead atoms. The maximum absolute atomic E-state index is 6.29. The van der Waals surface area contributed by atoms with Crippen molar-refractivity contribution < 1.29 is 9.46 Å². The Balaban J connectivity index is 3.63. The van der Waals surface area contributed by atoms with Gasteiger partial charge in [0.1, 0.15) is 0 Å². The summed E-state index contributed by atoms with van der Waals surface area (Å²) < 4.78 is 6.82. The molecule has 0 spiro atoms. The molecule has 17 heavy (non-hydrogen) atoms. The molecule has 0 atom stereocenters. The Morgan fingerprint density at radius 3 is 1.53 bits per heavy atom. The number of rotatable bonds is 3. The number of nitrogens with two attached hydrogens (primary N) is 1. The van der Waals surface area contributed by atoms with Crippen LogP contribution in [0.5, 0.6) is 0 Å². The van der Waals surface area contributed by atoms with Gasteiger partial charge in [0.25, 0.3) is 0 Å². The van der Waals surface area contributed by atoms with E-state index in [1.54, 1.807) is 0 Å². The van der Waals surface area contributed by atoms with Crippen molar-refractivity contribution in [1.82, 2.24) is 0 Å². The summed E-state index contributed by atoms with van der Waals surface area (Å²) in [5, 5.41) is 0. The van der Waals surface area contributed by atoms with Gasteiger partial charge in [-0.25, -0.2) is 0 Å². The zero-order chi connectivity index (χ0) is 13.5. The quantitative estimate of drug-likeness (QED) is 0.859. The van der Waals surface area contributed by atoms with Crippen LogP contribution in [0.4, 0.5) is 0 Å². The van der Waals surface area contributed by atoms with E-state index in [2.05, 4.69) is 27.7 Å². The Labute approximate surface area is 117 Å². The van der Waals surface area contributed by atoms with E-state index in [1.165, 1.54) is 0 Å². The number of hydrogen-bond acceptors (Lipinski definition) is 1. The van der Waals surface area contributed by atoms with Crippen LogP contribution in [0.25, 0.3) is 0 Å². The average Bonchev–Trinajstić information content (AvgIpc) is 2.13. The molecule has 1 rings (SSSR count). The van der Waals surface area contributed by atoms with E-state index in [1.807, 2.05) is 18.2 Å². The molecule has 1 nitrogen and oxygen atoms in total. The number of halogens is 3. The summed E-state index contributed by atoms with van der Waals surface area (Å²) in [5.41, 5.74) is 2.11. The van der Waals surface area contributed by atoms with Gasteiger partial charge in [-0.3, -0.25) is 0 Å². The van der Waals surface area contributed by atoms with E-state index in [0.717, 1.165) is 15.6 Å². The molecule has 0 saturated heterocycles. The van der Waals surface area contributed by atoms with Gasteiger partial charge in [0.05, 0.1) is 0 Å². The van der Waals surface area contributed by atoms with Crippen molar-refractivity contribution in [3.05, 3.63) is 29.3 Å². The summed E-state index contributed by atoms with van der Waals surface area (Å²) >= 11 is 0. The zero-order valence-corrected chi connectivity index (χ0v) is 14.0. The summed E-state index contributed by atoms with van der Waals surface area (Å²) in [6.45, 7) is 8.34. The second-order valence-corrected chi connectivity index (χ2v) is 17.9. The first-order valence-corrected chi connectivity index (χ1v) is 12.2. The molecule has 0 fully saturated rings. The van der Waals surface area contributed by atoms with Gasteiger partial charge < -0.3 is 0 Å². The molecule has 0 amide bonds. The molecular weight excluding hydrogens is 316 g/mol. The van der Waals surface area contributed by atoms with E-state index in [0.29, 0.717) is 11.8 Å². The number of hydrogen-bond donors (Lipinski definition) is 1. The van der Waals surface area contributed by atoms with Crippen LogP contribution in [-0.4, -0.2) is 0 Å². The average molecular weight is 336 g/mol. The third-order valence-electron chi connectivity index (χ3n) is 2.67. The summed E-state index contributed by atoms with van der Waals surface area (Å²) in [4.78, 5) is 0. The van der Waals surface area contributed by atoms with Gasteiger partial charge in [0.15, 0.2) is 0 Å². The van der Waals surface area contributed by atoms with Crippen LogP contribution in [0.3, 0.4) is 0 Å². The van der Waals surface area contributed by atoms with Crippen molar-refractivity contribution in [2.24, 2.45) is 4.72 Å². The van der Waals surface area contributed by atoms with Crippen LogP contribution in [0.15, 0.2) is 18.2 Å². The minimum atomic E-state index is -4.23. The molecule has 0 aromatic heterocycles. The Hall–Kier alpha value is 0.582. The van der Waals surface area contributed by atoms with Gasteiger partial charge in [-0.15, -0.1) is 0 Å². The normalized spacial score (nSPS) is 15.1. The molecular formula is C12H19Cl3CrN. The van der Waals surface area contributed by atoms with Gasteiger partial charge >= 0.3 is 118 Å². The fourth-order valence-corrected chi connectivity index (χ4v) is 6.30. The molecule has 0 unspecified atom stereocenters. The van der Waals surface area contributed by atoms with Gasteiger partial charge in [-0.2, -0.15) is 0 Å². The molecule has 0 saturated carbocycles. The van der Waals surface area contributed by atoms with Crippen molar-refractivity contribution in [3.63, 3.8) is 0 Å². The Bertz CT molecular complexity index is 386. The Kier molecular flexibility index (Phi) is 4.53. The van der Waals surface area contributed by atoms with E-state index in [4.69, 9.17) is 34.9 Å². The minimum absolute atomic E-state index is 0.291. The maximum atomic E-state index is 6.29. The molecule has 2 N–H and O–H groups in total. The van der Waals surface area contributed by atoms with Gasteiger partial charge in [-0.1, -0.05) is 0 Å². The van der Waals surface area contributed by atoms with Gasteiger partial charge in [0.2, 0.25) is 0 Å². The van der Waals surface area contributed by atoms with E-state index in [-0.39, 0.29) is 0 Å². The summed E-state index contributed by atoms with van der Waals surface area (Å²) in [6, 6.07) is 6.01. The zero-order valence-electron chi connectivity index (χ0n) is 10.5. The van der Waals surface area contributed by atoms with Crippen molar-refractivity contribution in [2.75, 3.05) is 0 Å². The second-order valence-electron chi connectivity index (χ2n) is 4.87. The molecule has 1 aromatic rings. The monoisotopic (exact) mass is 334 g/mol. The van der Waals surface area contributed by atoms with E-state index >= 15 is 0 Å². The van der Waals surface area contributed by atoms with Crippen molar-refractivity contribution in [2.45, 2.75) is 39.5 Å². The number of benzene rings is 1. The predicted octanol–water partition coefficient (Wildman–Crippen LogP) is 4.58. The second kappa shape index (κ2) is 4.93. The summed E-state index contributed by atoms with van der Waals surface area (Å²) in [7, 11) is 14.6. The molecule has 5 heteroatoms. The Morgan fingerprint density at radius 2 is 1.29 bits per heavy atom. The van der Waals surface area contributed by atoms with Crippen LogP contribution >= 0.6 is 30.1 Å². The molecule has 99 valence electrons. The molecule has 0 radical (unpaired) electrons. The van der Waals surface area contributed by atoms with Gasteiger partial charge in [-0.05, 0) is 0 Å². The predicted molar refractivity (Wildman–Crippen MR) is 76.0 cm³/mol.